The van der Waals surface area contributed by atoms with Crippen molar-refractivity contribution in [2.75, 3.05) is 11.9 Å². The van der Waals surface area contributed by atoms with Crippen LogP contribution in [0.1, 0.15) is 12.0 Å². The van der Waals surface area contributed by atoms with E-state index in [9.17, 15) is 17.6 Å². The smallest absolute Gasteiger partial charge is 0.382 e. The van der Waals surface area contributed by atoms with E-state index in [2.05, 4.69) is 11.9 Å². The third-order valence-corrected chi connectivity index (χ3v) is 1.96. The SMILES string of the molecule is C=CCCNc1ccc(C(F)(F)F)cc1F. The Hall–Kier alpha value is -1.52. The van der Waals surface area contributed by atoms with Crippen molar-refractivity contribution in [1.82, 2.24) is 0 Å². The Balaban J connectivity index is 2.79. The third-order valence-electron chi connectivity index (χ3n) is 1.96. The average Bonchev–Trinajstić information content (AvgIpc) is 2.19. The van der Waals surface area contributed by atoms with Gasteiger partial charge >= 0.3 is 6.18 Å². The summed E-state index contributed by atoms with van der Waals surface area (Å²) < 4.78 is 49.8. The summed E-state index contributed by atoms with van der Waals surface area (Å²) in [6.45, 7) is 3.91. The second-order valence-corrected chi connectivity index (χ2v) is 3.20. The molecule has 0 aliphatic rings. The van der Waals surface area contributed by atoms with Crippen LogP contribution in [0.25, 0.3) is 0 Å². The molecule has 0 radical (unpaired) electrons. The molecule has 0 atom stereocenters. The summed E-state index contributed by atoms with van der Waals surface area (Å²) in [6.07, 6.45) is -2.27. The molecule has 1 aromatic rings. The lowest BCUT2D eigenvalue weighted by Crippen LogP contribution is -2.07. The van der Waals surface area contributed by atoms with E-state index < -0.39 is 17.6 Å². The minimum Gasteiger partial charge on any atom is -0.382 e. The van der Waals surface area contributed by atoms with Crippen molar-refractivity contribution in [2.45, 2.75) is 12.6 Å². The Morgan fingerprint density at radius 2 is 2.00 bits per heavy atom. The molecule has 1 nitrogen and oxygen atoms in total. The maximum atomic E-state index is 13.2. The molecule has 1 N–H and O–H groups in total. The zero-order chi connectivity index (χ0) is 12.2. The average molecular weight is 233 g/mol. The van der Waals surface area contributed by atoms with Gasteiger partial charge in [0, 0.05) is 6.54 Å². The van der Waals surface area contributed by atoms with E-state index in [-0.39, 0.29) is 5.69 Å². The van der Waals surface area contributed by atoms with E-state index in [0.717, 1.165) is 12.1 Å². The van der Waals surface area contributed by atoms with Crippen LogP contribution in [-0.4, -0.2) is 6.54 Å². The van der Waals surface area contributed by atoms with E-state index in [1.165, 1.54) is 0 Å². The molecule has 0 heterocycles. The molecule has 0 saturated carbocycles. The highest BCUT2D eigenvalue weighted by atomic mass is 19.4. The van der Waals surface area contributed by atoms with Crippen molar-refractivity contribution in [3.8, 4) is 0 Å². The van der Waals surface area contributed by atoms with E-state index in [1.807, 2.05) is 0 Å². The van der Waals surface area contributed by atoms with E-state index >= 15 is 0 Å². The highest BCUT2D eigenvalue weighted by Crippen LogP contribution is 2.31. The van der Waals surface area contributed by atoms with Gasteiger partial charge in [-0.15, -0.1) is 6.58 Å². The van der Waals surface area contributed by atoms with Gasteiger partial charge in [-0.3, -0.25) is 0 Å². The highest BCUT2D eigenvalue weighted by molar-refractivity contribution is 5.46. The number of benzene rings is 1. The molecule has 0 saturated heterocycles. The van der Waals surface area contributed by atoms with Crippen LogP contribution in [0.2, 0.25) is 0 Å². The largest absolute Gasteiger partial charge is 0.416 e. The molecule has 0 bridgehead atoms. The summed E-state index contributed by atoms with van der Waals surface area (Å²) in [6, 6.07) is 2.41. The monoisotopic (exact) mass is 233 g/mol. The van der Waals surface area contributed by atoms with Gasteiger partial charge in [0.1, 0.15) is 5.82 Å². The topological polar surface area (TPSA) is 12.0 Å². The van der Waals surface area contributed by atoms with Gasteiger partial charge in [0.25, 0.3) is 0 Å². The quantitative estimate of drug-likeness (QED) is 0.473. The number of hydrogen-bond donors (Lipinski definition) is 1. The summed E-state index contributed by atoms with van der Waals surface area (Å²) in [5.41, 5.74) is -0.922. The fraction of sp³-hybridized carbons (Fsp3) is 0.273. The van der Waals surface area contributed by atoms with Crippen molar-refractivity contribution in [1.29, 1.82) is 0 Å². The van der Waals surface area contributed by atoms with Crippen molar-refractivity contribution in [3.05, 3.63) is 42.2 Å². The molecule has 0 aromatic heterocycles. The Kier molecular flexibility index (Phi) is 3.93. The highest BCUT2D eigenvalue weighted by Gasteiger charge is 2.31. The van der Waals surface area contributed by atoms with Gasteiger partial charge in [0.05, 0.1) is 11.3 Å². The fourth-order valence-electron chi connectivity index (χ4n) is 1.14. The van der Waals surface area contributed by atoms with Crippen molar-refractivity contribution in [3.63, 3.8) is 0 Å². The molecular formula is C11H11F4N. The number of nitrogens with one attached hydrogen (secondary N) is 1. The van der Waals surface area contributed by atoms with E-state index in [0.29, 0.717) is 19.0 Å². The molecule has 0 fully saturated rings. The molecule has 0 unspecified atom stereocenters. The van der Waals surface area contributed by atoms with Gasteiger partial charge < -0.3 is 5.32 Å². The first-order valence-electron chi connectivity index (χ1n) is 4.66. The predicted octanol–water partition coefficient (Wildman–Crippen LogP) is 3.83. The van der Waals surface area contributed by atoms with Crippen LogP contribution in [0.4, 0.5) is 23.2 Å². The summed E-state index contributed by atoms with van der Waals surface area (Å²) in [5.74, 6) is -0.904. The van der Waals surface area contributed by atoms with Gasteiger partial charge in [-0.1, -0.05) is 6.08 Å². The first-order valence-corrected chi connectivity index (χ1v) is 4.66. The summed E-state index contributed by atoms with van der Waals surface area (Å²) >= 11 is 0. The molecular weight excluding hydrogens is 222 g/mol. The number of anilines is 1. The van der Waals surface area contributed by atoms with Crippen LogP contribution in [0.5, 0.6) is 0 Å². The van der Waals surface area contributed by atoms with Gasteiger partial charge in [-0.2, -0.15) is 13.2 Å². The van der Waals surface area contributed by atoms with Crippen LogP contribution in [0.3, 0.4) is 0 Å². The number of rotatable bonds is 4. The predicted molar refractivity (Wildman–Crippen MR) is 54.7 cm³/mol. The first-order chi connectivity index (χ1) is 7.45. The maximum absolute atomic E-state index is 13.2. The van der Waals surface area contributed by atoms with Gasteiger partial charge in [0.2, 0.25) is 0 Å². The Morgan fingerprint density at radius 3 is 2.50 bits per heavy atom. The normalized spacial score (nSPS) is 11.2. The van der Waals surface area contributed by atoms with Crippen molar-refractivity contribution >= 4 is 5.69 Å². The zero-order valence-electron chi connectivity index (χ0n) is 8.44. The Bertz CT molecular complexity index is 371. The molecule has 5 heteroatoms. The summed E-state index contributed by atoms with van der Waals surface area (Å²) in [5, 5.41) is 2.68. The second kappa shape index (κ2) is 5.01. The fourth-order valence-corrected chi connectivity index (χ4v) is 1.14. The molecule has 88 valence electrons. The maximum Gasteiger partial charge on any atom is 0.416 e. The van der Waals surface area contributed by atoms with Gasteiger partial charge in [-0.05, 0) is 24.6 Å². The number of alkyl halides is 3. The molecule has 16 heavy (non-hydrogen) atoms. The standard InChI is InChI=1S/C11H11F4N/c1-2-3-6-16-10-5-4-8(7-9(10)12)11(13,14)15/h2,4-5,7,16H,1,3,6H2. The number of hydrogen-bond acceptors (Lipinski definition) is 1. The first kappa shape index (κ1) is 12.5. The van der Waals surface area contributed by atoms with Crippen LogP contribution in [0, 0.1) is 5.82 Å². The molecule has 0 aliphatic carbocycles. The lowest BCUT2D eigenvalue weighted by Gasteiger charge is -2.10. The summed E-state index contributed by atoms with van der Waals surface area (Å²) in [7, 11) is 0. The zero-order valence-corrected chi connectivity index (χ0v) is 8.44. The third kappa shape index (κ3) is 3.25. The van der Waals surface area contributed by atoms with Gasteiger partial charge in [0.15, 0.2) is 0 Å². The van der Waals surface area contributed by atoms with Crippen molar-refractivity contribution in [2.24, 2.45) is 0 Å². The Labute approximate surface area is 90.8 Å². The molecule has 0 spiro atoms. The minimum absolute atomic E-state index is 0.0647. The van der Waals surface area contributed by atoms with E-state index in [4.69, 9.17) is 0 Å². The lowest BCUT2D eigenvalue weighted by molar-refractivity contribution is -0.137. The van der Waals surface area contributed by atoms with Crippen LogP contribution in [-0.2, 0) is 6.18 Å². The van der Waals surface area contributed by atoms with E-state index in [1.54, 1.807) is 6.08 Å². The van der Waals surface area contributed by atoms with Crippen LogP contribution >= 0.6 is 0 Å². The summed E-state index contributed by atoms with van der Waals surface area (Å²) in [4.78, 5) is 0. The molecule has 1 rings (SSSR count). The Morgan fingerprint density at radius 1 is 1.31 bits per heavy atom. The van der Waals surface area contributed by atoms with Gasteiger partial charge in [-0.25, -0.2) is 4.39 Å². The van der Waals surface area contributed by atoms with Crippen LogP contribution < -0.4 is 5.32 Å². The second-order valence-electron chi connectivity index (χ2n) is 3.20. The van der Waals surface area contributed by atoms with Crippen molar-refractivity contribution < 1.29 is 17.6 Å². The lowest BCUT2D eigenvalue weighted by atomic mass is 10.2. The molecule has 0 aliphatic heterocycles. The molecule has 1 aromatic carbocycles. The number of halogens is 4. The minimum atomic E-state index is -4.51. The van der Waals surface area contributed by atoms with Crippen LogP contribution in [0.15, 0.2) is 30.9 Å². The molecule has 0 amide bonds.